The second-order valence-electron chi connectivity index (χ2n) is 5.56. The maximum atomic E-state index is 13.0. The number of sulfonamides is 1. The third-order valence-electron chi connectivity index (χ3n) is 3.93. The molecular formula is C17H21N3O4S. The van der Waals surface area contributed by atoms with E-state index in [1.54, 1.807) is 20.9 Å². The number of nitro benzene ring substituents is 1. The average Bonchev–Trinajstić information content (AvgIpc) is 2.59. The first-order chi connectivity index (χ1) is 11.8. The van der Waals surface area contributed by atoms with Crippen LogP contribution in [0.4, 0.5) is 11.4 Å². The third kappa shape index (κ3) is 3.97. The first-order valence-electron chi connectivity index (χ1n) is 7.82. The van der Waals surface area contributed by atoms with Gasteiger partial charge in [0.05, 0.1) is 9.82 Å². The van der Waals surface area contributed by atoms with E-state index in [1.807, 2.05) is 30.3 Å². The Hall–Kier alpha value is -2.45. The van der Waals surface area contributed by atoms with Crippen molar-refractivity contribution in [2.45, 2.75) is 25.3 Å². The number of nitro groups is 1. The van der Waals surface area contributed by atoms with Crippen LogP contribution in [-0.4, -0.2) is 31.2 Å². The molecular weight excluding hydrogens is 342 g/mol. The van der Waals surface area contributed by atoms with Gasteiger partial charge in [-0.15, -0.1) is 0 Å². The van der Waals surface area contributed by atoms with Gasteiger partial charge in [-0.3, -0.25) is 10.1 Å². The lowest BCUT2D eigenvalue weighted by atomic mass is 10.2. The van der Waals surface area contributed by atoms with Gasteiger partial charge >= 0.3 is 0 Å². The van der Waals surface area contributed by atoms with E-state index in [4.69, 9.17) is 0 Å². The highest BCUT2D eigenvalue weighted by atomic mass is 32.2. The molecule has 0 fully saturated rings. The Labute approximate surface area is 147 Å². The van der Waals surface area contributed by atoms with Gasteiger partial charge in [0.2, 0.25) is 10.0 Å². The number of rotatable bonds is 7. The summed E-state index contributed by atoms with van der Waals surface area (Å²) in [5.41, 5.74) is 1.34. The van der Waals surface area contributed by atoms with E-state index in [9.17, 15) is 18.5 Å². The Morgan fingerprint density at radius 3 is 2.36 bits per heavy atom. The summed E-state index contributed by atoms with van der Waals surface area (Å²) in [7, 11) is -2.30. The third-order valence-corrected chi connectivity index (χ3v) is 5.99. The Morgan fingerprint density at radius 1 is 1.20 bits per heavy atom. The topological polar surface area (TPSA) is 92.5 Å². The fourth-order valence-electron chi connectivity index (χ4n) is 2.60. The molecule has 2 aromatic rings. The summed E-state index contributed by atoms with van der Waals surface area (Å²) in [6.07, 6.45) is 0. The monoisotopic (exact) mass is 363 g/mol. The highest BCUT2D eigenvalue weighted by Crippen LogP contribution is 2.32. The molecule has 1 N–H and O–H groups in total. The van der Waals surface area contributed by atoms with Crippen LogP contribution in [0.25, 0.3) is 0 Å². The molecule has 0 amide bonds. The quantitative estimate of drug-likeness (QED) is 0.602. The molecule has 0 aliphatic carbocycles. The molecule has 0 atom stereocenters. The van der Waals surface area contributed by atoms with Crippen LogP contribution < -0.4 is 5.32 Å². The molecule has 8 heteroatoms. The fraction of sp³-hybridized carbons (Fsp3) is 0.294. The van der Waals surface area contributed by atoms with Crippen molar-refractivity contribution in [2.75, 3.05) is 18.9 Å². The molecule has 0 bridgehead atoms. The molecule has 0 radical (unpaired) electrons. The standard InChI is InChI=1S/C17H21N3O4S/c1-4-19(12-14-8-6-5-7-9-14)25(23,24)17-11-16(20(21)22)15(18-3)10-13(17)2/h5-11,18H,4,12H2,1-3H3. The molecule has 0 saturated heterocycles. The van der Waals surface area contributed by atoms with Crippen molar-refractivity contribution in [3.05, 3.63) is 63.7 Å². The average molecular weight is 363 g/mol. The molecule has 2 rings (SSSR count). The Kier molecular flexibility index (Phi) is 5.76. The van der Waals surface area contributed by atoms with Crippen LogP contribution in [0.3, 0.4) is 0 Å². The van der Waals surface area contributed by atoms with E-state index in [0.29, 0.717) is 5.56 Å². The van der Waals surface area contributed by atoms with E-state index in [-0.39, 0.29) is 29.4 Å². The summed E-state index contributed by atoms with van der Waals surface area (Å²) in [6.45, 7) is 3.85. The lowest BCUT2D eigenvalue weighted by Crippen LogP contribution is -2.31. The minimum absolute atomic E-state index is 0.0454. The van der Waals surface area contributed by atoms with E-state index in [2.05, 4.69) is 5.32 Å². The number of aryl methyl sites for hydroxylation is 1. The maximum absolute atomic E-state index is 13.0. The van der Waals surface area contributed by atoms with Crippen LogP contribution in [0.15, 0.2) is 47.4 Å². The van der Waals surface area contributed by atoms with Gasteiger partial charge in [0, 0.05) is 26.2 Å². The molecule has 0 aliphatic heterocycles. The fourth-order valence-corrected chi connectivity index (χ4v) is 4.26. The van der Waals surface area contributed by atoms with Gasteiger partial charge in [0.25, 0.3) is 5.69 Å². The highest BCUT2D eigenvalue weighted by molar-refractivity contribution is 7.89. The van der Waals surface area contributed by atoms with E-state index < -0.39 is 14.9 Å². The number of benzene rings is 2. The molecule has 25 heavy (non-hydrogen) atoms. The Morgan fingerprint density at radius 2 is 1.84 bits per heavy atom. The van der Waals surface area contributed by atoms with Crippen LogP contribution in [0.1, 0.15) is 18.1 Å². The van der Waals surface area contributed by atoms with Crippen molar-refractivity contribution < 1.29 is 13.3 Å². The summed E-state index contributed by atoms with van der Waals surface area (Å²) >= 11 is 0. The van der Waals surface area contributed by atoms with Crippen molar-refractivity contribution in [3.8, 4) is 0 Å². The van der Waals surface area contributed by atoms with Crippen LogP contribution >= 0.6 is 0 Å². The minimum atomic E-state index is -3.86. The highest BCUT2D eigenvalue weighted by Gasteiger charge is 2.28. The second kappa shape index (κ2) is 7.62. The summed E-state index contributed by atoms with van der Waals surface area (Å²) in [5, 5.41) is 14.0. The summed E-state index contributed by atoms with van der Waals surface area (Å²) in [5.74, 6) is 0. The van der Waals surface area contributed by atoms with Gasteiger partial charge in [-0.2, -0.15) is 4.31 Å². The van der Waals surface area contributed by atoms with Crippen molar-refractivity contribution in [3.63, 3.8) is 0 Å². The molecule has 7 nitrogen and oxygen atoms in total. The van der Waals surface area contributed by atoms with E-state index in [0.717, 1.165) is 11.6 Å². The molecule has 2 aromatic carbocycles. The number of nitrogens with one attached hydrogen (secondary N) is 1. The normalized spacial score (nSPS) is 11.5. The van der Waals surface area contributed by atoms with E-state index >= 15 is 0 Å². The predicted octanol–water partition coefficient (Wildman–Crippen LogP) is 3.16. The maximum Gasteiger partial charge on any atom is 0.293 e. The van der Waals surface area contributed by atoms with Crippen LogP contribution in [-0.2, 0) is 16.6 Å². The summed E-state index contributed by atoms with van der Waals surface area (Å²) in [4.78, 5) is 10.6. The summed E-state index contributed by atoms with van der Waals surface area (Å²) in [6, 6.07) is 11.8. The molecule has 0 unspecified atom stereocenters. The lowest BCUT2D eigenvalue weighted by molar-refractivity contribution is -0.384. The number of hydrogen-bond acceptors (Lipinski definition) is 5. The van der Waals surface area contributed by atoms with Gasteiger partial charge in [0.15, 0.2) is 0 Å². The predicted molar refractivity (Wildman–Crippen MR) is 97.1 cm³/mol. The van der Waals surface area contributed by atoms with Gasteiger partial charge in [0.1, 0.15) is 5.69 Å². The first kappa shape index (κ1) is 18.9. The number of hydrogen-bond donors (Lipinski definition) is 1. The van der Waals surface area contributed by atoms with Gasteiger partial charge in [-0.1, -0.05) is 37.3 Å². The Balaban J connectivity index is 2.50. The molecule has 0 aliphatic rings. The first-order valence-corrected chi connectivity index (χ1v) is 9.26. The van der Waals surface area contributed by atoms with Crippen molar-refractivity contribution in [1.29, 1.82) is 0 Å². The van der Waals surface area contributed by atoms with Gasteiger partial charge < -0.3 is 5.32 Å². The molecule has 0 heterocycles. The zero-order valence-corrected chi connectivity index (χ0v) is 15.2. The molecule has 0 saturated carbocycles. The molecule has 0 spiro atoms. The molecule has 134 valence electrons. The van der Waals surface area contributed by atoms with Crippen molar-refractivity contribution in [2.24, 2.45) is 0 Å². The van der Waals surface area contributed by atoms with Crippen LogP contribution in [0.5, 0.6) is 0 Å². The number of anilines is 1. The smallest absolute Gasteiger partial charge is 0.293 e. The van der Waals surface area contributed by atoms with E-state index in [1.165, 1.54) is 10.4 Å². The SMILES string of the molecule is CCN(Cc1ccccc1)S(=O)(=O)c1cc([N+](=O)[O-])c(NC)cc1C. The zero-order valence-electron chi connectivity index (χ0n) is 14.4. The van der Waals surface area contributed by atoms with Gasteiger partial charge in [-0.05, 0) is 24.1 Å². The zero-order chi connectivity index (χ0) is 18.6. The number of nitrogens with zero attached hydrogens (tertiary/aromatic N) is 2. The Bertz CT molecular complexity index is 867. The minimum Gasteiger partial charge on any atom is -0.383 e. The summed E-state index contributed by atoms with van der Waals surface area (Å²) < 4.78 is 27.4. The van der Waals surface area contributed by atoms with Gasteiger partial charge in [-0.25, -0.2) is 8.42 Å². The lowest BCUT2D eigenvalue weighted by Gasteiger charge is -2.22. The molecule has 0 aromatic heterocycles. The largest absolute Gasteiger partial charge is 0.383 e. The van der Waals surface area contributed by atoms with Crippen molar-refractivity contribution in [1.82, 2.24) is 4.31 Å². The van der Waals surface area contributed by atoms with Crippen LogP contribution in [0, 0.1) is 17.0 Å². The second-order valence-corrected chi connectivity index (χ2v) is 7.47. The van der Waals surface area contributed by atoms with Crippen LogP contribution in [0.2, 0.25) is 0 Å². The van der Waals surface area contributed by atoms with Crippen molar-refractivity contribution >= 4 is 21.4 Å².